The third-order valence-corrected chi connectivity index (χ3v) is 17.0. The quantitative estimate of drug-likeness (QED) is 0.156. The van der Waals surface area contributed by atoms with Crippen molar-refractivity contribution in [1.82, 2.24) is 14.1 Å². The Morgan fingerprint density at radius 1 is 0.442 bits per heavy atom. The molecule has 86 heavy (non-hydrogen) atoms. The molecule has 6 heteroatoms. The first-order valence-corrected chi connectivity index (χ1v) is 29.4. The molecule has 13 rings (SSSR count). The third kappa shape index (κ3) is 10.3. The van der Waals surface area contributed by atoms with Crippen LogP contribution in [0.25, 0.3) is 93.2 Å². The van der Waals surface area contributed by atoms with Crippen LogP contribution in [0.4, 0.5) is 11.4 Å². The number of ether oxygens (including phenoxy) is 1. The van der Waals surface area contributed by atoms with E-state index < -0.39 is 31.4 Å². The van der Waals surface area contributed by atoms with E-state index in [0.717, 1.165) is 87.8 Å². The molecule has 5 nitrogen and oxygen atoms in total. The van der Waals surface area contributed by atoms with E-state index >= 15 is 0 Å². The minimum Gasteiger partial charge on any atom is -0.509 e. The van der Waals surface area contributed by atoms with Crippen LogP contribution in [0.3, 0.4) is 0 Å². The number of aromatic nitrogens is 3. The normalized spacial score (nSPS) is 15.0. The number of hydrogen-bond donors (Lipinski definition) is 0. The summed E-state index contributed by atoms with van der Waals surface area (Å²) < 4.78 is 92.2. The Labute approximate surface area is 535 Å². The van der Waals surface area contributed by atoms with Crippen molar-refractivity contribution in [2.45, 2.75) is 131 Å². The molecule has 9 aromatic carbocycles. The number of hydrogen-bond acceptors (Lipinski definition) is 3. The molecule has 0 radical (unpaired) electrons. The smallest absolute Gasteiger partial charge is 0.135 e. The van der Waals surface area contributed by atoms with Gasteiger partial charge in [-0.1, -0.05) is 242 Å². The zero-order valence-electron chi connectivity index (χ0n) is 60.0. The summed E-state index contributed by atoms with van der Waals surface area (Å²) in [6, 6.07) is 68.9. The molecule has 0 atom stereocenters. The third-order valence-electron chi connectivity index (χ3n) is 17.0. The summed E-state index contributed by atoms with van der Waals surface area (Å²) in [4.78, 5) is 7.00. The van der Waals surface area contributed by atoms with Crippen LogP contribution >= 0.6 is 0 Å². The van der Waals surface area contributed by atoms with Crippen molar-refractivity contribution in [2.24, 2.45) is 0 Å². The van der Waals surface area contributed by atoms with Gasteiger partial charge in [0.2, 0.25) is 0 Å². The van der Waals surface area contributed by atoms with Crippen LogP contribution in [0, 0.1) is 18.8 Å². The maximum absolute atomic E-state index is 9.00. The summed E-state index contributed by atoms with van der Waals surface area (Å²) in [6.45, 7) is 17.4. The van der Waals surface area contributed by atoms with E-state index in [-0.39, 0.29) is 42.9 Å². The molecule has 0 aliphatic carbocycles. The van der Waals surface area contributed by atoms with Crippen LogP contribution in [-0.2, 0) is 48.1 Å². The van der Waals surface area contributed by atoms with E-state index in [2.05, 4.69) is 210 Å². The molecule has 1 aliphatic heterocycles. The second-order valence-electron chi connectivity index (χ2n) is 27.2. The van der Waals surface area contributed by atoms with Crippen molar-refractivity contribution in [2.75, 3.05) is 4.90 Å². The van der Waals surface area contributed by atoms with E-state index in [4.69, 9.17) is 22.1 Å². The first-order valence-electron chi connectivity index (χ1n) is 33.9. The molecule has 3 aromatic heterocycles. The molecular formula is C80H77N4OPt-3. The Balaban J connectivity index is 0.00000864. The first kappa shape index (κ1) is 48.1. The minimum atomic E-state index is -3.51. The first-order chi connectivity index (χ1) is 44.0. The summed E-state index contributed by atoms with van der Waals surface area (Å²) >= 11 is 0. The zero-order chi connectivity index (χ0) is 67.2. The van der Waals surface area contributed by atoms with E-state index in [1.807, 2.05) is 81.6 Å². The summed E-state index contributed by atoms with van der Waals surface area (Å²) in [5.41, 5.74) is 7.07. The van der Waals surface area contributed by atoms with E-state index in [1.54, 1.807) is 0 Å². The second kappa shape index (κ2) is 21.1. The van der Waals surface area contributed by atoms with Crippen LogP contribution < -0.4 is 9.64 Å². The van der Waals surface area contributed by atoms with Crippen molar-refractivity contribution in [3.8, 4) is 39.6 Å². The number of nitrogens with zero attached hydrogens (tertiary/aromatic N) is 4. The Kier molecular flexibility index (Phi) is 11.8. The largest absolute Gasteiger partial charge is 0.509 e. The molecule has 0 saturated heterocycles. The van der Waals surface area contributed by atoms with Gasteiger partial charge in [0.05, 0.1) is 0 Å². The van der Waals surface area contributed by atoms with Gasteiger partial charge < -0.3 is 18.8 Å². The van der Waals surface area contributed by atoms with Crippen molar-refractivity contribution in [1.29, 1.82) is 0 Å². The van der Waals surface area contributed by atoms with E-state index in [9.17, 15) is 0 Å². The van der Waals surface area contributed by atoms with Crippen molar-refractivity contribution < 1.29 is 38.1 Å². The zero-order valence-corrected chi connectivity index (χ0v) is 53.3. The fourth-order valence-corrected chi connectivity index (χ4v) is 12.3. The number of anilines is 2. The van der Waals surface area contributed by atoms with E-state index in [1.165, 1.54) is 23.3 Å². The van der Waals surface area contributed by atoms with Gasteiger partial charge in [0.25, 0.3) is 0 Å². The summed E-state index contributed by atoms with van der Waals surface area (Å²) in [5, 5.41) is 7.68. The van der Waals surface area contributed by atoms with Crippen LogP contribution in [0.15, 0.2) is 188 Å². The van der Waals surface area contributed by atoms with Crippen molar-refractivity contribution in [3.63, 3.8) is 0 Å². The van der Waals surface area contributed by atoms with Gasteiger partial charge in [0, 0.05) is 62.3 Å². The maximum atomic E-state index is 9.00. The number of fused-ring (bicyclic) bond motifs is 10. The summed E-state index contributed by atoms with van der Waals surface area (Å²) in [6.07, 6.45) is 1.86. The van der Waals surface area contributed by atoms with Gasteiger partial charge in [-0.3, -0.25) is 0 Å². The van der Waals surface area contributed by atoms with Crippen molar-refractivity contribution in [3.05, 3.63) is 235 Å². The minimum absolute atomic E-state index is 0. The molecule has 0 spiro atoms. The topological polar surface area (TPSA) is 35.2 Å². The molecule has 0 unspecified atom stereocenters. The number of para-hydroxylation sites is 3. The molecule has 12 aromatic rings. The SMILES string of the molecule is [2H]C([2H])([2H])C(c1cc(-c2cccc3c4c(-c5cc(C(C)(C)C)cc(C(C)(C)C)c5)cccc4c4ccccc4c4cccc5c4n(c23)[CH-]N5c2[c-]c(Oc3[c-]c4c(cc3)c3ccccc3n4-c3cc(C(C)(C)C)ccn3)ccc2)cc(C(C)(C)C)c1)(C([2H])([2H])[2H])C([2H])([2H])[2H].[Pt]. The second-order valence-corrected chi connectivity index (χ2v) is 27.2. The predicted molar refractivity (Wildman–Crippen MR) is 361 cm³/mol. The molecule has 4 heterocycles. The molecular weight excluding hydrogens is 1230 g/mol. The van der Waals surface area contributed by atoms with Gasteiger partial charge in [-0.25, -0.2) is 4.98 Å². The predicted octanol–water partition coefficient (Wildman–Crippen LogP) is 22.0. The molecule has 0 fully saturated rings. The maximum Gasteiger partial charge on any atom is 0.135 e. The number of benzene rings is 9. The Hall–Kier alpha value is -8.11. The Bertz CT molecular complexity index is 5050. The van der Waals surface area contributed by atoms with E-state index in [0.29, 0.717) is 39.4 Å². The van der Waals surface area contributed by atoms with Gasteiger partial charge in [0.1, 0.15) is 5.82 Å². The van der Waals surface area contributed by atoms with Gasteiger partial charge >= 0.3 is 0 Å². The summed E-state index contributed by atoms with van der Waals surface area (Å²) in [5.74, 6) is 1.71. The average molecular weight is 1310 g/mol. The molecule has 0 bridgehead atoms. The van der Waals surface area contributed by atoms with Gasteiger partial charge in [-0.05, 0) is 157 Å². The molecule has 0 saturated carbocycles. The van der Waals surface area contributed by atoms with Crippen molar-refractivity contribution >= 4 is 76.5 Å². The fourth-order valence-electron chi connectivity index (χ4n) is 12.3. The standard InChI is InChI=1S/C80H77N4O.Pt/c1-76(2,3)52-38-39-81-72(46-52)84-69-34-19-18-28-64(69)65-37-36-59(48-71(65)84)85-58-25-20-24-57(47-58)82-49-83-74-61(51-42-55(79(10,11)12)45-56(43-51)80(13,14)15)30-22-33-68(74)73-60(50-40-53(77(4,5)6)44-54(41-50)78(7,8)9)29-21-31-66(73)62-26-16-17-27-63(62)67-32-23-35-70(82)75(67)83;/h16-46,49H,1-15H3;/q-3;/i10D3,11D3,12D3;. The van der Waals surface area contributed by atoms with Crippen LogP contribution in [0.5, 0.6) is 11.5 Å². The molecule has 0 amide bonds. The molecule has 0 N–H and O–H groups in total. The Morgan fingerprint density at radius 3 is 1.63 bits per heavy atom. The Morgan fingerprint density at radius 2 is 0.977 bits per heavy atom. The summed E-state index contributed by atoms with van der Waals surface area (Å²) in [7, 11) is 0. The van der Waals surface area contributed by atoms with Crippen LogP contribution in [-0.4, -0.2) is 14.1 Å². The van der Waals surface area contributed by atoms with Crippen LogP contribution in [0.2, 0.25) is 0 Å². The molecule has 436 valence electrons. The molecule has 1 aliphatic rings. The van der Waals surface area contributed by atoms with Gasteiger partial charge in [-0.2, -0.15) is 12.1 Å². The average Bonchev–Trinajstić information content (AvgIpc) is 1.70. The van der Waals surface area contributed by atoms with Crippen LogP contribution in [0.1, 0.15) is 144 Å². The van der Waals surface area contributed by atoms with Gasteiger partial charge in [0.15, 0.2) is 0 Å². The number of rotatable bonds is 6. The fraction of sp³-hybridized carbons (Fsp3) is 0.250. The van der Waals surface area contributed by atoms with Gasteiger partial charge in [-0.15, -0.1) is 35.7 Å². The monoisotopic (exact) mass is 1310 g/mol. The number of pyridine rings is 1.